The van der Waals surface area contributed by atoms with Gasteiger partial charge in [0.2, 0.25) is 0 Å². The van der Waals surface area contributed by atoms with E-state index in [4.69, 9.17) is 26.2 Å². The zero-order valence-corrected chi connectivity index (χ0v) is 34.2. The van der Waals surface area contributed by atoms with E-state index in [2.05, 4.69) is 126 Å². The van der Waals surface area contributed by atoms with Crippen molar-refractivity contribution in [3.8, 4) is 62.1 Å². The lowest BCUT2D eigenvalue weighted by Gasteiger charge is -2.13. The van der Waals surface area contributed by atoms with Gasteiger partial charge in [0.1, 0.15) is 11.2 Å². The fourth-order valence-corrected chi connectivity index (χ4v) is 10.4. The van der Waals surface area contributed by atoms with Crippen molar-refractivity contribution in [2.45, 2.75) is 0 Å². The van der Waals surface area contributed by atoms with Crippen molar-refractivity contribution >= 4 is 75.3 Å². The second-order valence-corrected chi connectivity index (χ2v) is 16.6. The maximum atomic E-state index is 9.00. The Balaban J connectivity index is 1.14. The van der Waals surface area contributed by atoms with Gasteiger partial charge in [-0.3, -0.25) is 0 Å². The van der Waals surface area contributed by atoms with Gasteiger partial charge in [-0.05, 0) is 64.7 Å². The Morgan fingerprint density at radius 3 is 1.89 bits per heavy atom. The van der Waals surface area contributed by atoms with Gasteiger partial charge >= 0.3 is 0 Å². The van der Waals surface area contributed by atoms with E-state index in [0.29, 0.717) is 22.8 Å². The molecule has 0 N–H and O–H groups in total. The summed E-state index contributed by atoms with van der Waals surface area (Å²) in [5, 5.41) is 6.20. The fourth-order valence-electron chi connectivity index (χ4n) is 9.06. The molecule has 5 nitrogen and oxygen atoms in total. The summed E-state index contributed by atoms with van der Waals surface area (Å²) in [5.74, 6) is 0.590. The molecule has 294 valence electrons. The van der Waals surface area contributed by atoms with E-state index in [1.807, 2.05) is 54.6 Å². The normalized spacial score (nSPS) is 12.9. The number of hydrogen-bond donors (Lipinski definition) is 0. The zero-order chi connectivity index (χ0) is 45.8. The largest absolute Gasteiger partial charge is 0.456 e. The third kappa shape index (κ3) is 5.80. The Kier molecular flexibility index (Phi) is 6.94. The highest BCUT2D eigenvalue weighted by atomic mass is 32.1. The van der Waals surface area contributed by atoms with Crippen molar-refractivity contribution in [3.05, 3.63) is 206 Å². The van der Waals surface area contributed by atoms with Crippen LogP contribution >= 0.6 is 11.3 Å². The van der Waals surface area contributed by atoms with Gasteiger partial charge in [-0.15, -0.1) is 11.3 Å². The van der Waals surface area contributed by atoms with Gasteiger partial charge in [0, 0.05) is 64.1 Å². The van der Waals surface area contributed by atoms with Crippen molar-refractivity contribution < 1.29 is 11.3 Å². The molecule has 4 aromatic heterocycles. The number of aromatic nitrogens is 4. The summed E-state index contributed by atoms with van der Waals surface area (Å²) in [5.41, 5.74) is 10.2. The molecular weight excluding hydrogens is 789 g/mol. The third-order valence-corrected chi connectivity index (χ3v) is 13.2. The lowest BCUT2D eigenvalue weighted by atomic mass is 9.97. The Hall–Kier alpha value is -8.19. The van der Waals surface area contributed by atoms with Gasteiger partial charge in [-0.1, -0.05) is 164 Å². The second-order valence-electron chi connectivity index (χ2n) is 15.6. The van der Waals surface area contributed by atoms with Crippen molar-refractivity contribution in [2.75, 3.05) is 0 Å². The van der Waals surface area contributed by atoms with Crippen LogP contribution in [-0.2, 0) is 0 Å². The van der Waals surface area contributed by atoms with Crippen LogP contribution in [0.4, 0.5) is 0 Å². The standard InChI is InChI=1S/C57H34N4OS/c1-4-16-35(17-5-1)38-22-14-23-39(30-38)41-26-15-27-44-47-31-40(61-49-28-12-10-24-42(49)45-34-52-46(33-50(45)61)43-25-11-13-29-51(43)62-52)32-48(54(47)63-53(41)44)57-59-55(36-18-6-2-7-19-36)58-56(60-57)37-20-8-3-9-21-37/h1-34H/i2D,6D,7D,18D,19D. The minimum atomic E-state index is -0.488. The molecule has 0 aliphatic heterocycles. The van der Waals surface area contributed by atoms with Gasteiger partial charge in [-0.25, -0.2) is 15.0 Å². The van der Waals surface area contributed by atoms with E-state index in [0.717, 1.165) is 91.9 Å². The smallest absolute Gasteiger partial charge is 0.165 e. The van der Waals surface area contributed by atoms with E-state index < -0.39 is 30.2 Å². The van der Waals surface area contributed by atoms with E-state index in [9.17, 15) is 0 Å². The minimum Gasteiger partial charge on any atom is -0.456 e. The monoisotopic (exact) mass is 827 g/mol. The quantitative estimate of drug-likeness (QED) is 0.168. The number of nitrogens with zero attached hydrogens (tertiary/aromatic N) is 4. The first-order valence-corrected chi connectivity index (χ1v) is 21.5. The lowest BCUT2D eigenvalue weighted by Crippen LogP contribution is -2.01. The Labute approximate surface area is 372 Å². The third-order valence-electron chi connectivity index (χ3n) is 11.9. The summed E-state index contributed by atoms with van der Waals surface area (Å²) in [4.78, 5) is 15.1. The number of thiophene rings is 1. The molecule has 0 spiro atoms. The molecule has 0 fully saturated rings. The molecule has 0 aliphatic rings. The lowest BCUT2D eigenvalue weighted by molar-refractivity contribution is 0.669. The van der Waals surface area contributed by atoms with E-state index >= 15 is 0 Å². The predicted octanol–water partition coefficient (Wildman–Crippen LogP) is 15.6. The van der Waals surface area contributed by atoms with E-state index in [1.165, 1.54) is 0 Å². The molecule has 0 unspecified atom stereocenters. The van der Waals surface area contributed by atoms with Gasteiger partial charge in [0.15, 0.2) is 17.5 Å². The Morgan fingerprint density at radius 2 is 1.05 bits per heavy atom. The number of rotatable bonds is 6. The van der Waals surface area contributed by atoms with Gasteiger partial charge < -0.3 is 8.98 Å². The molecule has 0 saturated heterocycles. The molecular formula is C57H34N4OS. The van der Waals surface area contributed by atoms with Crippen LogP contribution in [0.1, 0.15) is 6.85 Å². The average molecular weight is 828 g/mol. The first-order chi connectivity index (χ1) is 33.3. The maximum Gasteiger partial charge on any atom is 0.165 e. The molecule has 0 aliphatic carbocycles. The van der Waals surface area contributed by atoms with Gasteiger partial charge in [0.05, 0.1) is 17.9 Å². The molecule has 63 heavy (non-hydrogen) atoms. The molecule has 0 saturated carbocycles. The number of benzene rings is 9. The Morgan fingerprint density at radius 1 is 0.397 bits per heavy atom. The van der Waals surface area contributed by atoms with Gasteiger partial charge in [-0.2, -0.15) is 0 Å². The molecule has 0 radical (unpaired) electrons. The molecule has 9 aromatic carbocycles. The van der Waals surface area contributed by atoms with Crippen LogP contribution in [0.25, 0.3) is 126 Å². The summed E-state index contributed by atoms with van der Waals surface area (Å²) in [7, 11) is 0. The minimum absolute atomic E-state index is 0.0185. The van der Waals surface area contributed by atoms with Crippen LogP contribution in [-0.4, -0.2) is 19.5 Å². The predicted molar refractivity (Wildman–Crippen MR) is 262 cm³/mol. The van der Waals surface area contributed by atoms with E-state index in [-0.39, 0.29) is 11.4 Å². The van der Waals surface area contributed by atoms with Crippen LogP contribution in [0, 0.1) is 0 Å². The SMILES string of the molecule is [2H]c1c([2H])c([2H])c(-c2nc(-c3ccccc3)nc(-c3cc(-n4c5ccccc5c5cc6oc7ccccc7c6cc54)cc4c3sc3c(-c5cccc(-c6ccccc6)c5)cccc34)n2)c([2H])c1[2H]. The molecule has 13 rings (SSSR count). The first kappa shape index (κ1) is 30.8. The topological polar surface area (TPSA) is 56.7 Å². The number of hydrogen-bond acceptors (Lipinski definition) is 5. The summed E-state index contributed by atoms with van der Waals surface area (Å²) < 4.78 is 54.2. The highest BCUT2D eigenvalue weighted by Gasteiger charge is 2.23. The molecule has 0 amide bonds. The maximum absolute atomic E-state index is 9.00. The molecule has 0 atom stereocenters. The number of fused-ring (bicyclic) bond motifs is 9. The average Bonchev–Trinajstić information content (AvgIpc) is 4.06. The highest BCUT2D eigenvalue weighted by Crippen LogP contribution is 2.47. The highest BCUT2D eigenvalue weighted by molar-refractivity contribution is 7.26. The van der Waals surface area contributed by atoms with Gasteiger partial charge in [0.25, 0.3) is 0 Å². The summed E-state index contributed by atoms with van der Waals surface area (Å²) in [6, 6.07) is 58.0. The van der Waals surface area contributed by atoms with Crippen molar-refractivity contribution in [3.63, 3.8) is 0 Å². The molecule has 4 heterocycles. The Bertz CT molecular complexity index is 4190. The van der Waals surface area contributed by atoms with Crippen LogP contribution in [0.3, 0.4) is 0 Å². The first-order valence-electron chi connectivity index (χ1n) is 23.2. The van der Waals surface area contributed by atoms with Crippen LogP contribution in [0.2, 0.25) is 0 Å². The summed E-state index contributed by atoms with van der Waals surface area (Å²) >= 11 is 1.66. The second kappa shape index (κ2) is 14.2. The van der Waals surface area contributed by atoms with Crippen molar-refractivity contribution in [1.29, 1.82) is 0 Å². The van der Waals surface area contributed by atoms with Crippen LogP contribution < -0.4 is 0 Å². The molecule has 13 aromatic rings. The number of furan rings is 1. The summed E-state index contributed by atoms with van der Waals surface area (Å²) in [6.07, 6.45) is 0. The van der Waals surface area contributed by atoms with E-state index in [1.54, 1.807) is 11.3 Å². The fraction of sp³-hybridized carbons (Fsp3) is 0. The van der Waals surface area contributed by atoms with Crippen LogP contribution in [0.15, 0.2) is 211 Å². The number of para-hydroxylation sites is 2. The van der Waals surface area contributed by atoms with Crippen molar-refractivity contribution in [2.24, 2.45) is 0 Å². The van der Waals surface area contributed by atoms with Crippen molar-refractivity contribution in [1.82, 2.24) is 19.5 Å². The van der Waals surface area contributed by atoms with Crippen LogP contribution in [0.5, 0.6) is 0 Å². The zero-order valence-electron chi connectivity index (χ0n) is 38.3. The summed E-state index contributed by atoms with van der Waals surface area (Å²) in [6.45, 7) is 0. The molecule has 0 bridgehead atoms. The molecule has 6 heteroatoms.